The number of halogens is 3. The maximum Gasteiger partial charge on any atom is 0.404 e. The number of esters is 1. The van der Waals surface area contributed by atoms with Crippen LogP contribution in [0, 0.1) is 23.2 Å². The fourth-order valence-corrected chi connectivity index (χ4v) is 5.21. The van der Waals surface area contributed by atoms with E-state index in [1.807, 2.05) is 6.92 Å². The minimum atomic E-state index is -4.64. The zero-order valence-corrected chi connectivity index (χ0v) is 13.9. The molecule has 0 aromatic heterocycles. The quantitative estimate of drug-likeness (QED) is 0.798. The van der Waals surface area contributed by atoms with Crippen molar-refractivity contribution in [3.8, 4) is 0 Å². The molecule has 0 aliphatic heterocycles. The summed E-state index contributed by atoms with van der Waals surface area (Å²) < 4.78 is 45.6. The molecule has 23 heavy (non-hydrogen) atoms. The van der Waals surface area contributed by atoms with Crippen LogP contribution in [0.4, 0.5) is 13.2 Å². The van der Waals surface area contributed by atoms with Gasteiger partial charge in [-0.2, -0.15) is 13.2 Å². The molecule has 0 heterocycles. The molecule has 4 bridgehead atoms. The smallest absolute Gasteiger partial charge is 0.404 e. The van der Waals surface area contributed by atoms with E-state index in [4.69, 9.17) is 4.74 Å². The van der Waals surface area contributed by atoms with Crippen LogP contribution in [-0.4, -0.2) is 28.5 Å². The van der Waals surface area contributed by atoms with Crippen LogP contribution in [-0.2, 0) is 9.53 Å². The summed E-state index contributed by atoms with van der Waals surface area (Å²) >= 11 is 0. The van der Waals surface area contributed by atoms with Gasteiger partial charge in [0.15, 0.2) is 5.41 Å². The second-order valence-corrected chi connectivity index (χ2v) is 8.30. The molecule has 0 saturated heterocycles. The Hall–Kier alpha value is -0.780. The van der Waals surface area contributed by atoms with Crippen LogP contribution in [0.1, 0.15) is 59.3 Å². The molecule has 1 N–H and O–H groups in total. The van der Waals surface area contributed by atoms with Crippen molar-refractivity contribution >= 4 is 5.97 Å². The number of carbonyl (C=O) groups is 1. The topological polar surface area (TPSA) is 46.5 Å². The van der Waals surface area contributed by atoms with Crippen molar-refractivity contribution in [3.63, 3.8) is 0 Å². The van der Waals surface area contributed by atoms with Gasteiger partial charge in [-0.15, -0.1) is 0 Å². The molecule has 4 saturated carbocycles. The van der Waals surface area contributed by atoms with E-state index in [0.717, 1.165) is 13.3 Å². The van der Waals surface area contributed by atoms with Crippen LogP contribution in [0.5, 0.6) is 0 Å². The summed E-state index contributed by atoms with van der Waals surface area (Å²) in [5.41, 5.74) is -4.30. The molecule has 4 aliphatic carbocycles. The minimum absolute atomic E-state index is 0.00221. The van der Waals surface area contributed by atoms with Gasteiger partial charge in [0.1, 0.15) is 5.60 Å². The minimum Gasteiger partial charge on any atom is -0.458 e. The summed E-state index contributed by atoms with van der Waals surface area (Å²) in [6.07, 6.45) is -1.80. The van der Waals surface area contributed by atoms with Crippen molar-refractivity contribution in [1.29, 1.82) is 0 Å². The number of aliphatic hydroxyl groups is 1. The third kappa shape index (κ3) is 2.39. The lowest BCUT2D eigenvalue weighted by molar-refractivity contribution is -0.268. The predicted molar refractivity (Wildman–Crippen MR) is 77.5 cm³/mol. The standard InChI is InChI=1S/C17H25F3O3/c1-4-14(3,17(18,19)20)13(21)23-16-7-11-5-12(10(16)2)8-15(22,6-11)9-16/h10-12,22H,4-9H2,1-3H3. The maximum absolute atomic E-state index is 13.3. The van der Waals surface area contributed by atoms with E-state index in [1.165, 1.54) is 6.92 Å². The van der Waals surface area contributed by atoms with Crippen molar-refractivity contribution in [2.24, 2.45) is 23.2 Å². The fraction of sp³-hybridized carbons (Fsp3) is 0.941. The van der Waals surface area contributed by atoms with E-state index in [-0.39, 0.29) is 30.6 Å². The van der Waals surface area contributed by atoms with Crippen molar-refractivity contribution in [2.75, 3.05) is 0 Å². The molecular weight excluding hydrogens is 309 g/mol. The van der Waals surface area contributed by atoms with E-state index in [9.17, 15) is 23.1 Å². The van der Waals surface area contributed by atoms with Crippen molar-refractivity contribution in [2.45, 2.75) is 76.7 Å². The molecule has 4 aliphatic rings. The molecule has 3 nitrogen and oxygen atoms in total. The van der Waals surface area contributed by atoms with Gasteiger partial charge >= 0.3 is 12.1 Å². The molecule has 132 valence electrons. The maximum atomic E-state index is 13.3. The van der Waals surface area contributed by atoms with Gasteiger partial charge in [0, 0.05) is 6.42 Å². The zero-order chi connectivity index (χ0) is 17.3. The first kappa shape index (κ1) is 17.1. The average molecular weight is 334 g/mol. The lowest BCUT2D eigenvalue weighted by Crippen LogP contribution is -2.65. The largest absolute Gasteiger partial charge is 0.458 e. The Balaban J connectivity index is 1.88. The van der Waals surface area contributed by atoms with E-state index < -0.39 is 28.8 Å². The summed E-state index contributed by atoms with van der Waals surface area (Å²) in [6.45, 7) is 4.22. The first-order chi connectivity index (χ1) is 10.4. The third-order valence-corrected chi connectivity index (χ3v) is 6.83. The van der Waals surface area contributed by atoms with Gasteiger partial charge in [-0.1, -0.05) is 13.8 Å². The van der Waals surface area contributed by atoms with Gasteiger partial charge in [0.2, 0.25) is 0 Å². The first-order valence-electron chi connectivity index (χ1n) is 8.47. The van der Waals surface area contributed by atoms with E-state index in [2.05, 4.69) is 0 Å². The lowest BCUT2D eigenvalue weighted by atomic mass is 9.48. The molecule has 6 heteroatoms. The number of alkyl halides is 3. The summed E-state index contributed by atoms with van der Waals surface area (Å²) in [5, 5.41) is 10.7. The summed E-state index contributed by atoms with van der Waals surface area (Å²) in [6, 6.07) is 0. The predicted octanol–water partition coefficient (Wildman–Crippen LogP) is 3.84. The molecule has 6 atom stereocenters. The summed E-state index contributed by atoms with van der Waals surface area (Å²) in [5.74, 6) is -0.717. The Kier molecular flexibility index (Phi) is 3.61. The Morgan fingerprint density at radius 1 is 1.30 bits per heavy atom. The van der Waals surface area contributed by atoms with E-state index in [0.29, 0.717) is 19.3 Å². The van der Waals surface area contributed by atoms with Crippen LogP contribution in [0.2, 0.25) is 0 Å². The lowest BCUT2D eigenvalue weighted by Gasteiger charge is -2.62. The molecule has 4 fully saturated rings. The molecule has 0 aromatic carbocycles. The highest BCUT2D eigenvalue weighted by atomic mass is 19.4. The van der Waals surface area contributed by atoms with Gasteiger partial charge < -0.3 is 9.84 Å². The monoisotopic (exact) mass is 334 g/mol. The third-order valence-electron chi connectivity index (χ3n) is 6.83. The van der Waals surface area contributed by atoms with Gasteiger partial charge in [0.25, 0.3) is 0 Å². The SMILES string of the molecule is CCC(C)(C(=O)OC12CC3CC(CC(O)(C3)C1)C2C)C(F)(F)F. The molecule has 0 spiro atoms. The fourth-order valence-electron chi connectivity index (χ4n) is 5.21. The summed E-state index contributed by atoms with van der Waals surface area (Å²) in [7, 11) is 0. The first-order valence-corrected chi connectivity index (χ1v) is 8.47. The molecule has 0 aromatic rings. The van der Waals surface area contributed by atoms with Crippen molar-refractivity contribution in [1.82, 2.24) is 0 Å². The normalized spacial score (nSPS) is 44.9. The van der Waals surface area contributed by atoms with Crippen molar-refractivity contribution in [3.05, 3.63) is 0 Å². The van der Waals surface area contributed by atoms with Gasteiger partial charge in [0.05, 0.1) is 5.60 Å². The van der Waals surface area contributed by atoms with Crippen molar-refractivity contribution < 1.29 is 27.8 Å². The number of hydrogen-bond donors (Lipinski definition) is 1. The molecule has 4 rings (SSSR count). The molecule has 0 amide bonds. The number of carbonyl (C=O) groups excluding carboxylic acids is 1. The molecule has 0 radical (unpaired) electrons. The van der Waals surface area contributed by atoms with Crippen LogP contribution in [0.25, 0.3) is 0 Å². The molecule has 6 unspecified atom stereocenters. The van der Waals surface area contributed by atoms with Crippen LogP contribution in [0.3, 0.4) is 0 Å². The highest BCUT2D eigenvalue weighted by molar-refractivity contribution is 5.78. The summed E-state index contributed by atoms with van der Waals surface area (Å²) in [4.78, 5) is 12.5. The Morgan fingerprint density at radius 3 is 2.48 bits per heavy atom. The van der Waals surface area contributed by atoms with Gasteiger partial charge in [-0.3, -0.25) is 4.79 Å². The van der Waals surface area contributed by atoms with Crippen LogP contribution in [0.15, 0.2) is 0 Å². The highest BCUT2D eigenvalue weighted by Crippen LogP contribution is 2.62. The second-order valence-electron chi connectivity index (χ2n) is 8.30. The Morgan fingerprint density at radius 2 is 1.96 bits per heavy atom. The molecular formula is C17H25F3O3. The van der Waals surface area contributed by atoms with Crippen LogP contribution < -0.4 is 0 Å². The second kappa shape index (κ2) is 4.87. The van der Waals surface area contributed by atoms with Gasteiger partial charge in [-0.05, 0) is 56.8 Å². The average Bonchev–Trinajstić information content (AvgIpc) is 2.40. The Labute approximate surface area is 134 Å². The number of ether oxygens (including phenoxy) is 1. The van der Waals surface area contributed by atoms with Crippen LogP contribution >= 0.6 is 0 Å². The Bertz CT molecular complexity index is 520. The number of rotatable bonds is 3. The highest BCUT2D eigenvalue weighted by Gasteiger charge is 2.65. The van der Waals surface area contributed by atoms with Gasteiger partial charge in [-0.25, -0.2) is 0 Å². The van der Waals surface area contributed by atoms with E-state index in [1.54, 1.807) is 0 Å². The van der Waals surface area contributed by atoms with E-state index >= 15 is 0 Å². The zero-order valence-electron chi connectivity index (χ0n) is 13.9. The number of hydrogen-bond acceptors (Lipinski definition) is 3.